The number of hydrogen-bond acceptors (Lipinski definition) is 3. The molecule has 0 aromatic rings. The van der Waals surface area contributed by atoms with Crippen LogP contribution in [0.1, 0.15) is 46.0 Å². The molecule has 3 unspecified atom stereocenters. The van der Waals surface area contributed by atoms with Crippen LogP contribution in [-0.4, -0.2) is 60.8 Å². The first kappa shape index (κ1) is 13.8. The molecule has 3 atom stereocenters. The van der Waals surface area contributed by atoms with Crippen LogP contribution in [0.25, 0.3) is 0 Å². The van der Waals surface area contributed by atoms with Crippen molar-refractivity contribution in [3.8, 4) is 0 Å². The molecule has 0 amide bonds. The average Bonchev–Trinajstić information content (AvgIpc) is 2.47. The third-order valence-electron chi connectivity index (χ3n) is 5.71. The minimum absolute atomic E-state index is 0.729. The molecule has 0 aliphatic carbocycles. The van der Waals surface area contributed by atoms with Crippen molar-refractivity contribution in [2.45, 2.75) is 64.1 Å². The largest absolute Gasteiger partial charge is 0.381 e. The summed E-state index contributed by atoms with van der Waals surface area (Å²) in [6, 6.07) is 2.31. The topological polar surface area (TPSA) is 15.7 Å². The number of piperidine rings is 1. The molecule has 0 N–H and O–H groups in total. The lowest BCUT2D eigenvalue weighted by Crippen LogP contribution is -2.61. The molecule has 110 valence electrons. The molecule has 0 bridgehead atoms. The van der Waals surface area contributed by atoms with Crippen molar-refractivity contribution in [1.82, 2.24) is 9.80 Å². The van der Waals surface area contributed by atoms with Gasteiger partial charge in [0.15, 0.2) is 0 Å². The van der Waals surface area contributed by atoms with Gasteiger partial charge in [-0.15, -0.1) is 0 Å². The molecule has 19 heavy (non-hydrogen) atoms. The van der Waals surface area contributed by atoms with Gasteiger partial charge in [-0.05, 0) is 52.0 Å². The maximum absolute atomic E-state index is 5.52. The van der Waals surface area contributed by atoms with Crippen molar-refractivity contribution in [1.29, 1.82) is 0 Å². The number of ether oxygens (including phenoxy) is 1. The SMILES string of the molecule is CC1CN2CCCCC2CN1C(C)C1CCOCC1. The van der Waals surface area contributed by atoms with Gasteiger partial charge in [0.05, 0.1) is 0 Å². The Kier molecular flexibility index (Phi) is 4.45. The number of nitrogens with zero attached hydrogens (tertiary/aromatic N) is 2. The summed E-state index contributed by atoms with van der Waals surface area (Å²) in [5.41, 5.74) is 0. The Hall–Kier alpha value is -0.120. The van der Waals surface area contributed by atoms with E-state index in [9.17, 15) is 0 Å². The van der Waals surface area contributed by atoms with E-state index in [1.54, 1.807) is 0 Å². The van der Waals surface area contributed by atoms with Gasteiger partial charge in [0, 0.05) is 44.4 Å². The molecule has 3 heterocycles. The van der Waals surface area contributed by atoms with E-state index in [-0.39, 0.29) is 0 Å². The molecule has 3 nitrogen and oxygen atoms in total. The van der Waals surface area contributed by atoms with Gasteiger partial charge in [-0.1, -0.05) is 6.42 Å². The molecular weight excluding hydrogens is 236 g/mol. The monoisotopic (exact) mass is 266 g/mol. The maximum atomic E-state index is 5.52. The summed E-state index contributed by atoms with van der Waals surface area (Å²) in [6.07, 6.45) is 6.80. The lowest BCUT2D eigenvalue weighted by Gasteiger charge is -2.51. The average molecular weight is 266 g/mol. The Morgan fingerprint density at radius 1 is 1.05 bits per heavy atom. The molecule has 3 aliphatic heterocycles. The van der Waals surface area contributed by atoms with Crippen LogP contribution in [-0.2, 0) is 4.74 Å². The summed E-state index contributed by atoms with van der Waals surface area (Å²) in [6.45, 7) is 10.8. The van der Waals surface area contributed by atoms with E-state index >= 15 is 0 Å². The van der Waals surface area contributed by atoms with E-state index in [4.69, 9.17) is 4.74 Å². The van der Waals surface area contributed by atoms with Gasteiger partial charge in [0.2, 0.25) is 0 Å². The van der Waals surface area contributed by atoms with Crippen molar-refractivity contribution in [2.75, 3.05) is 32.8 Å². The number of rotatable bonds is 2. The minimum atomic E-state index is 0.729. The van der Waals surface area contributed by atoms with Gasteiger partial charge in [-0.3, -0.25) is 9.80 Å². The summed E-state index contributed by atoms with van der Waals surface area (Å²) >= 11 is 0. The standard InChI is InChI=1S/C16H30N2O/c1-13-11-17-8-4-3-5-16(17)12-18(13)14(2)15-6-9-19-10-7-15/h13-16H,3-12H2,1-2H3. The molecule has 3 fully saturated rings. The highest BCUT2D eigenvalue weighted by Gasteiger charge is 2.37. The summed E-state index contributed by atoms with van der Waals surface area (Å²) in [4.78, 5) is 5.56. The van der Waals surface area contributed by atoms with Crippen molar-refractivity contribution in [3.05, 3.63) is 0 Å². The zero-order chi connectivity index (χ0) is 13.2. The molecule has 0 saturated carbocycles. The zero-order valence-corrected chi connectivity index (χ0v) is 12.7. The normalized spacial score (nSPS) is 36.9. The zero-order valence-electron chi connectivity index (χ0n) is 12.7. The number of hydrogen-bond donors (Lipinski definition) is 0. The first-order valence-corrected chi connectivity index (χ1v) is 8.33. The Bertz CT molecular complexity index is 288. The van der Waals surface area contributed by atoms with Crippen LogP contribution >= 0.6 is 0 Å². The highest BCUT2D eigenvalue weighted by atomic mass is 16.5. The van der Waals surface area contributed by atoms with Crippen LogP contribution < -0.4 is 0 Å². The van der Waals surface area contributed by atoms with Crippen LogP contribution in [0.3, 0.4) is 0 Å². The van der Waals surface area contributed by atoms with Crippen LogP contribution in [0.4, 0.5) is 0 Å². The highest BCUT2D eigenvalue weighted by molar-refractivity contribution is 4.92. The van der Waals surface area contributed by atoms with E-state index in [1.807, 2.05) is 0 Å². The summed E-state index contributed by atoms with van der Waals surface area (Å²) < 4.78 is 5.52. The summed E-state index contributed by atoms with van der Waals surface area (Å²) in [5, 5.41) is 0. The lowest BCUT2D eigenvalue weighted by molar-refractivity contribution is -0.0358. The highest BCUT2D eigenvalue weighted by Crippen LogP contribution is 2.30. The van der Waals surface area contributed by atoms with Gasteiger partial charge in [0.1, 0.15) is 0 Å². The fourth-order valence-electron chi connectivity index (χ4n) is 4.41. The Balaban J connectivity index is 1.62. The fourth-order valence-corrected chi connectivity index (χ4v) is 4.41. The fraction of sp³-hybridized carbons (Fsp3) is 1.00. The second-order valence-corrected chi connectivity index (χ2v) is 6.88. The molecule has 0 aromatic heterocycles. The quantitative estimate of drug-likeness (QED) is 0.763. The van der Waals surface area contributed by atoms with Crippen LogP contribution in [0.5, 0.6) is 0 Å². The van der Waals surface area contributed by atoms with Gasteiger partial charge < -0.3 is 4.74 Å². The van der Waals surface area contributed by atoms with Crippen LogP contribution in [0.2, 0.25) is 0 Å². The predicted molar refractivity (Wildman–Crippen MR) is 78.4 cm³/mol. The van der Waals surface area contributed by atoms with Gasteiger partial charge in [-0.2, -0.15) is 0 Å². The second kappa shape index (κ2) is 6.11. The molecular formula is C16H30N2O. The Morgan fingerprint density at radius 3 is 2.63 bits per heavy atom. The van der Waals surface area contributed by atoms with Gasteiger partial charge in [-0.25, -0.2) is 0 Å². The first-order chi connectivity index (χ1) is 9.25. The van der Waals surface area contributed by atoms with E-state index < -0.39 is 0 Å². The lowest BCUT2D eigenvalue weighted by atomic mass is 9.88. The minimum Gasteiger partial charge on any atom is -0.381 e. The van der Waals surface area contributed by atoms with Crippen molar-refractivity contribution >= 4 is 0 Å². The maximum Gasteiger partial charge on any atom is 0.0469 e. The van der Waals surface area contributed by atoms with Crippen LogP contribution in [0, 0.1) is 5.92 Å². The predicted octanol–water partition coefficient (Wildman–Crippen LogP) is 2.36. The van der Waals surface area contributed by atoms with E-state index in [2.05, 4.69) is 23.6 Å². The molecule has 3 rings (SSSR count). The van der Waals surface area contributed by atoms with E-state index in [0.717, 1.165) is 37.3 Å². The molecule has 0 aromatic carbocycles. The summed E-state index contributed by atoms with van der Waals surface area (Å²) in [7, 11) is 0. The van der Waals surface area contributed by atoms with Gasteiger partial charge >= 0.3 is 0 Å². The molecule has 0 radical (unpaired) electrons. The van der Waals surface area contributed by atoms with Crippen LogP contribution in [0.15, 0.2) is 0 Å². The molecule has 0 spiro atoms. The van der Waals surface area contributed by atoms with E-state index in [1.165, 1.54) is 51.7 Å². The number of fused-ring (bicyclic) bond motifs is 1. The Labute approximate surface area is 118 Å². The van der Waals surface area contributed by atoms with Crippen molar-refractivity contribution < 1.29 is 4.74 Å². The second-order valence-electron chi connectivity index (χ2n) is 6.88. The van der Waals surface area contributed by atoms with E-state index in [0.29, 0.717) is 0 Å². The molecule has 3 aliphatic rings. The third kappa shape index (κ3) is 2.98. The van der Waals surface area contributed by atoms with Crippen molar-refractivity contribution in [3.63, 3.8) is 0 Å². The van der Waals surface area contributed by atoms with Gasteiger partial charge in [0.25, 0.3) is 0 Å². The third-order valence-corrected chi connectivity index (χ3v) is 5.71. The Morgan fingerprint density at radius 2 is 1.84 bits per heavy atom. The number of piperazine rings is 1. The molecule has 3 saturated heterocycles. The first-order valence-electron chi connectivity index (χ1n) is 8.33. The summed E-state index contributed by atoms with van der Waals surface area (Å²) in [5.74, 6) is 0.853. The van der Waals surface area contributed by atoms with Crippen molar-refractivity contribution in [2.24, 2.45) is 5.92 Å². The smallest absolute Gasteiger partial charge is 0.0469 e. The molecule has 3 heteroatoms.